The summed E-state index contributed by atoms with van der Waals surface area (Å²) in [5.41, 5.74) is 8.22. The van der Waals surface area contributed by atoms with Crippen molar-refractivity contribution in [2.24, 2.45) is 5.73 Å². The van der Waals surface area contributed by atoms with Crippen LogP contribution in [-0.4, -0.2) is 10.1 Å². The molecule has 0 aliphatic carbocycles. The van der Waals surface area contributed by atoms with E-state index in [0.717, 1.165) is 11.1 Å². The average molecular weight is 244 g/mol. The number of rotatable bonds is 5. The molecule has 1 aromatic heterocycles. The first kappa shape index (κ1) is 12.5. The Morgan fingerprint density at radius 3 is 2.61 bits per heavy atom. The van der Waals surface area contributed by atoms with Crippen molar-refractivity contribution in [3.63, 3.8) is 0 Å². The maximum atomic E-state index is 9.61. The lowest BCUT2D eigenvalue weighted by atomic mass is 10.1. The number of nitrogens with zero attached hydrogens (tertiary/aromatic N) is 1. The summed E-state index contributed by atoms with van der Waals surface area (Å²) in [7, 11) is 0. The van der Waals surface area contributed by atoms with Crippen LogP contribution in [0.2, 0.25) is 0 Å². The normalized spacial score (nSPS) is 10.5. The number of aromatic hydroxyl groups is 1. The standard InChI is InChI=1S/C14H16N2O2/c15-6-13-12(7-16-8-14(13)17)10-18-9-11-4-2-1-3-5-11/h1-5,7-8,17H,6,9-10,15H2. The lowest BCUT2D eigenvalue weighted by molar-refractivity contribution is 0.106. The van der Waals surface area contributed by atoms with Crippen molar-refractivity contribution in [3.8, 4) is 5.75 Å². The summed E-state index contributed by atoms with van der Waals surface area (Å²) < 4.78 is 5.60. The Hall–Kier alpha value is -1.91. The second-order valence-electron chi connectivity index (χ2n) is 3.98. The fourth-order valence-electron chi connectivity index (χ4n) is 1.73. The van der Waals surface area contributed by atoms with Gasteiger partial charge in [0.25, 0.3) is 0 Å². The van der Waals surface area contributed by atoms with E-state index in [2.05, 4.69) is 4.98 Å². The minimum Gasteiger partial charge on any atom is -0.506 e. The Kier molecular flexibility index (Phi) is 4.28. The highest BCUT2D eigenvalue weighted by molar-refractivity contribution is 5.35. The van der Waals surface area contributed by atoms with Crippen molar-refractivity contribution in [1.29, 1.82) is 0 Å². The summed E-state index contributed by atoms with van der Waals surface area (Å²) in [6.07, 6.45) is 3.07. The zero-order valence-corrected chi connectivity index (χ0v) is 10.0. The predicted octanol–water partition coefficient (Wildman–Crippen LogP) is 1.96. The van der Waals surface area contributed by atoms with Gasteiger partial charge < -0.3 is 15.6 Å². The molecule has 1 aromatic carbocycles. The van der Waals surface area contributed by atoms with Gasteiger partial charge in [-0.3, -0.25) is 4.98 Å². The van der Waals surface area contributed by atoms with Crippen LogP contribution in [0, 0.1) is 0 Å². The van der Waals surface area contributed by atoms with Crippen LogP contribution >= 0.6 is 0 Å². The Bertz CT molecular complexity index is 500. The molecule has 0 fully saturated rings. The van der Waals surface area contributed by atoms with Crippen LogP contribution in [0.15, 0.2) is 42.7 Å². The SMILES string of the molecule is NCc1c(O)cncc1COCc1ccccc1. The molecule has 0 unspecified atom stereocenters. The fourth-order valence-corrected chi connectivity index (χ4v) is 1.73. The lowest BCUT2D eigenvalue weighted by Gasteiger charge is -2.09. The quantitative estimate of drug-likeness (QED) is 0.843. The number of hydrogen-bond acceptors (Lipinski definition) is 4. The average Bonchev–Trinajstić information content (AvgIpc) is 2.40. The summed E-state index contributed by atoms with van der Waals surface area (Å²) in [4.78, 5) is 3.93. The highest BCUT2D eigenvalue weighted by Crippen LogP contribution is 2.19. The molecule has 4 heteroatoms. The number of ether oxygens (including phenoxy) is 1. The van der Waals surface area contributed by atoms with Gasteiger partial charge in [-0.25, -0.2) is 0 Å². The Labute approximate surface area is 106 Å². The molecule has 0 radical (unpaired) electrons. The molecule has 2 rings (SSSR count). The topological polar surface area (TPSA) is 68.4 Å². The van der Waals surface area contributed by atoms with Crippen LogP contribution in [0.25, 0.3) is 0 Å². The highest BCUT2D eigenvalue weighted by Gasteiger charge is 2.06. The van der Waals surface area contributed by atoms with Gasteiger partial charge in [0.1, 0.15) is 5.75 Å². The smallest absolute Gasteiger partial charge is 0.138 e. The van der Waals surface area contributed by atoms with Crippen LogP contribution in [0.3, 0.4) is 0 Å². The Morgan fingerprint density at radius 1 is 1.11 bits per heavy atom. The van der Waals surface area contributed by atoms with E-state index in [4.69, 9.17) is 10.5 Å². The largest absolute Gasteiger partial charge is 0.506 e. The molecule has 94 valence electrons. The Morgan fingerprint density at radius 2 is 1.89 bits per heavy atom. The van der Waals surface area contributed by atoms with Gasteiger partial charge in [0.15, 0.2) is 0 Å². The van der Waals surface area contributed by atoms with Crippen molar-refractivity contribution in [2.75, 3.05) is 0 Å². The van der Waals surface area contributed by atoms with Gasteiger partial charge in [-0.05, 0) is 5.56 Å². The molecule has 3 N–H and O–H groups in total. The number of nitrogens with two attached hydrogens (primary N) is 1. The summed E-state index contributed by atoms with van der Waals surface area (Å²) in [6, 6.07) is 9.92. The van der Waals surface area contributed by atoms with E-state index in [9.17, 15) is 5.11 Å². The maximum absolute atomic E-state index is 9.61. The molecule has 2 aromatic rings. The number of pyridine rings is 1. The molecule has 0 saturated heterocycles. The molecule has 1 heterocycles. The van der Waals surface area contributed by atoms with E-state index in [1.807, 2.05) is 30.3 Å². The minimum atomic E-state index is 0.123. The first-order valence-corrected chi connectivity index (χ1v) is 5.77. The molecule has 18 heavy (non-hydrogen) atoms. The zero-order valence-electron chi connectivity index (χ0n) is 10.0. The number of benzene rings is 1. The van der Waals surface area contributed by atoms with Crippen molar-refractivity contribution in [3.05, 3.63) is 59.4 Å². The van der Waals surface area contributed by atoms with Crippen LogP contribution in [-0.2, 0) is 24.5 Å². The molecule has 0 atom stereocenters. The first-order chi connectivity index (χ1) is 8.81. The van der Waals surface area contributed by atoms with E-state index < -0.39 is 0 Å². The van der Waals surface area contributed by atoms with Crippen molar-refractivity contribution >= 4 is 0 Å². The predicted molar refractivity (Wildman–Crippen MR) is 68.7 cm³/mol. The van der Waals surface area contributed by atoms with E-state index in [0.29, 0.717) is 18.8 Å². The maximum Gasteiger partial charge on any atom is 0.138 e. The summed E-state index contributed by atoms with van der Waals surface area (Å²) >= 11 is 0. The van der Waals surface area contributed by atoms with Gasteiger partial charge in [0.05, 0.1) is 19.4 Å². The molecule has 0 spiro atoms. The van der Waals surface area contributed by atoms with Gasteiger partial charge >= 0.3 is 0 Å². The first-order valence-electron chi connectivity index (χ1n) is 5.77. The zero-order chi connectivity index (χ0) is 12.8. The molecule has 0 saturated carbocycles. The monoisotopic (exact) mass is 244 g/mol. The molecule has 0 aliphatic heterocycles. The highest BCUT2D eigenvalue weighted by atomic mass is 16.5. The molecule has 0 aliphatic rings. The van der Waals surface area contributed by atoms with Crippen LogP contribution in [0.4, 0.5) is 0 Å². The van der Waals surface area contributed by atoms with Crippen molar-refractivity contribution < 1.29 is 9.84 Å². The second-order valence-corrected chi connectivity index (χ2v) is 3.98. The third kappa shape index (κ3) is 3.06. The molecule has 0 bridgehead atoms. The minimum absolute atomic E-state index is 0.123. The molecule has 0 amide bonds. The van der Waals surface area contributed by atoms with Gasteiger partial charge in [-0.1, -0.05) is 30.3 Å². The van der Waals surface area contributed by atoms with Crippen molar-refractivity contribution in [1.82, 2.24) is 4.98 Å². The Balaban J connectivity index is 1.96. The molecular formula is C14H16N2O2. The molecule has 4 nitrogen and oxygen atoms in total. The van der Waals surface area contributed by atoms with E-state index >= 15 is 0 Å². The third-order valence-corrected chi connectivity index (χ3v) is 2.70. The number of hydrogen-bond donors (Lipinski definition) is 2. The van der Waals surface area contributed by atoms with E-state index in [1.165, 1.54) is 6.20 Å². The fraction of sp³-hybridized carbons (Fsp3) is 0.214. The summed E-state index contributed by atoms with van der Waals surface area (Å²) in [6.45, 7) is 1.20. The van der Waals surface area contributed by atoms with Gasteiger partial charge in [-0.15, -0.1) is 0 Å². The van der Waals surface area contributed by atoms with Crippen LogP contribution in [0.1, 0.15) is 16.7 Å². The molecular weight excluding hydrogens is 228 g/mol. The van der Waals surface area contributed by atoms with E-state index in [1.54, 1.807) is 6.20 Å². The van der Waals surface area contributed by atoms with E-state index in [-0.39, 0.29) is 12.3 Å². The lowest BCUT2D eigenvalue weighted by Crippen LogP contribution is -2.04. The van der Waals surface area contributed by atoms with Gasteiger partial charge in [-0.2, -0.15) is 0 Å². The van der Waals surface area contributed by atoms with Gasteiger partial charge in [0.2, 0.25) is 0 Å². The third-order valence-electron chi connectivity index (χ3n) is 2.70. The van der Waals surface area contributed by atoms with Crippen LogP contribution in [0.5, 0.6) is 5.75 Å². The summed E-state index contributed by atoms with van der Waals surface area (Å²) in [5, 5.41) is 9.61. The summed E-state index contributed by atoms with van der Waals surface area (Å²) in [5.74, 6) is 0.123. The number of aromatic nitrogens is 1. The van der Waals surface area contributed by atoms with Crippen LogP contribution < -0.4 is 5.73 Å². The van der Waals surface area contributed by atoms with Crippen molar-refractivity contribution in [2.45, 2.75) is 19.8 Å². The van der Waals surface area contributed by atoms with Gasteiger partial charge in [0, 0.05) is 23.9 Å². The second kappa shape index (κ2) is 6.14.